The Hall–Kier alpha value is -0.920. The van der Waals surface area contributed by atoms with Crippen LogP contribution in [0.5, 0.6) is 0 Å². The SMILES string of the molecule is CC(C)(C)S(=O)(=O)CC1CCC(CCc2ccc(S(=O)(=O)N3CCCCC3)cc2)CC1. The van der Waals surface area contributed by atoms with Gasteiger partial charge in [-0.15, -0.1) is 0 Å². The van der Waals surface area contributed by atoms with Crippen LogP contribution in [0.15, 0.2) is 29.2 Å². The Kier molecular flexibility index (Phi) is 7.91. The van der Waals surface area contributed by atoms with Crippen molar-refractivity contribution in [2.45, 2.75) is 88.2 Å². The van der Waals surface area contributed by atoms with Gasteiger partial charge in [0.1, 0.15) is 0 Å². The molecule has 5 nitrogen and oxygen atoms in total. The maximum Gasteiger partial charge on any atom is 0.243 e. The van der Waals surface area contributed by atoms with Gasteiger partial charge in [0.15, 0.2) is 9.84 Å². The zero-order valence-electron chi connectivity index (χ0n) is 19.3. The first-order chi connectivity index (χ1) is 14.5. The van der Waals surface area contributed by atoms with Gasteiger partial charge in [0.2, 0.25) is 10.0 Å². The summed E-state index contributed by atoms with van der Waals surface area (Å²) >= 11 is 0. The quantitative estimate of drug-likeness (QED) is 0.574. The van der Waals surface area contributed by atoms with Gasteiger partial charge in [-0.2, -0.15) is 4.31 Å². The Labute approximate surface area is 189 Å². The molecule has 1 aromatic rings. The lowest BCUT2D eigenvalue weighted by Crippen LogP contribution is -2.35. The van der Waals surface area contributed by atoms with Gasteiger partial charge in [-0.25, -0.2) is 16.8 Å². The minimum Gasteiger partial charge on any atom is -0.228 e. The van der Waals surface area contributed by atoms with Gasteiger partial charge < -0.3 is 0 Å². The first kappa shape index (κ1) is 24.7. The van der Waals surface area contributed by atoms with Crippen LogP contribution in [0.2, 0.25) is 0 Å². The Morgan fingerprint density at radius 1 is 0.839 bits per heavy atom. The Bertz CT molecular complexity index is 917. The molecule has 1 heterocycles. The van der Waals surface area contributed by atoms with E-state index in [1.165, 1.54) is 5.56 Å². The number of sulfonamides is 1. The summed E-state index contributed by atoms with van der Waals surface area (Å²) in [5.74, 6) is 1.24. The number of aryl methyl sites for hydroxylation is 1. The third-order valence-corrected chi connectivity index (χ3v) is 11.8. The number of nitrogens with zero attached hydrogens (tertiary/aromatic N) is 1. The van der Waals surface area contributed by atoms with E-state index in [-0.39, 0.29) is 0 Å². The maximum atomic E-state index is 12.8. The fourth-order valence-corrected chi connectivity index (χ4v) is 7.67. The molecule has 3 rings (SSSR count). The Morgan fingerprint density at radius 2 is 1.39 bits per heavy atom. The van der Waals surface area contributed by atoms with E-state index in [9.17, 15) is 16.8 Å². The number of benzene rings is 1. The molecule has 0 amide bonds. The molecular weight excluding hydrogens is 430 g/mol. The van der Waals surface area contributed by atoms with Crippen LogP contribution >= 0.6 is 0 Å². The van der Waals surface area contributed by atoms with Crippen molar-refractivity contribution in [3.05, 3.63) is 29.8 Å². The summed E-state index contributed by atoms with van der Waals surface area (Å²) in [6.07, 6.45) is 9.19. The van der Waals surface area contributed by atoms with E-state index in [1.54, 1.807) is 37.2 Å². The lowest BCUT2D eigenvalue weighted by atomic mass is 9.80. The number of hydrogen-bond acceptors (Lipinski definition) is 4. The van der Waals surface area contributed by atoms with Gasteiger partial charge in [0.05, 0.1) is 15.4 Å². The molecule has 0 bridgehead atoms. The Morgan fingerprint density at radius 3 is 1.94 bits per heavy atom. The molecule has 1 aliphatic heterocycles. The monoisotopic (exact) mass is 469 g/mol. The summed E-state index contributed by atoms with van der Waals surface area (Å²) in [5.41, 5.74) is 1.18. The molecule has 0 unspecified atom stereocenters. The van der Waals surface area contributed by atoms with Gasteiger partial charge >= 0.3 is 0 Å². The third-order valence-electron chi connectivity index (χ3n) is 7.07. The van der Waals surface area contributed by atoms with Crippen molar-refractivity contribution in [1.29, 1.82) is 0 Å². The van der Waals surface area contributed by atoms with E-state index in [2.05, 4.69) is 0 Å². The van der Waals surface area contributed by atoms with Crippen LogP contribution in [0.3, 0.4) is 0 Å². The van der Waals surface area contributed by atoms with Crippen molar-refractivity contribution in [1.82, 2.24) is 4.31 Å². The first-order valence-electron chi connectivity index (χ1n) is 11.8. The van der Waals surface area contributed by atoms with Gasteiger partial charge in [0.25, 0.3) is 0 Å². The van der Waals surface area contributed by atoms with Crippen LogP contribution in [0.25, 0.3) is 0 Å². The molecule has 0 N–H and O–H groups in total. The fourth-order valence-electron chi connectivity index (χ4n) is 4.70. The van der Waals surface area contributed by atoms with Crippen LogP contribution in [0.4, 0.5) is 0 Å². The van der Waals surface area contributed by atoms with Crippen molar-refractivity contribution >= 4 is 19.9 Å². The first-order valence-corrected chi connectivity index (χ1v) is 14.9. The average Bonchev–Trinajstić information content (AvgIpc) is 2.73. The minimum absolute atomic E-state index is 0.291. The van der Waals surface area contributed by atoms with Crippen LogP contribution < -0.4 is 0 Å². The van der Waals surface area contributed by atoms with E-state index >= 15 is 0 Å². The van der Waals surface area contributed by atoms with E-state index in [4.69, 9.17) is 0 Å². The summed E-state index contributed by atoms with van der Waals surface area (Å²) in [5, 5.41) is 0. The molecule has 1 saturated heterocycles. The lowest BCUT2D eigenvalue weighted by molar-refractivity contribution is 0.278. The minimum atomic E-state index is -3.36. The summed E-state index contributed by atoms with van der Waals surface area (Å²) in [6.45, 7) is 6.62. The van der Waals surface area contributed by atoms with E-state index in [0.29, 0.717) is 35.6 Å². The topological polar surface area (TPSA) is 71.5 Å². The molecule has 1 aliphatic carbocycles. The molecule has 2 fully saturated rings. The number of rotatable bonds is 7. The van der Waals surface area contributed by atoms with Crippen molar-refractivity contribution in [2.75, 3.05) is 18.8 Å². The number of hydrogen-bond donors (Lipinski definition) is 0. The van der Waals surface area contributed by atoms with Crippen LogP contribution in [0.1, 0.15) is 77.7 Å². The van der Waals surface area contributed by atoms with Gasteiger partial charge in [-0.3, -0.25) is 0 Å². The fraction of sp³-hybridized carbons (Fsp3) is 0.750. The Balaban J connectivity index is 1.47. The van der Waals surface area contributed by atoms with E-state index in [0.717, 1.165) is 57.8 Å². The molecule has 0 spiro atoms. The van der Waals surface area contributed by atoms with Crippen molar-refractivity contribution in [3.63, 3.8) is 0 Å². The van der Waals surface area contributed by atoms with E-state index < -0.39 is 24.6 Å². The van der Waals surface area contributed by atoms with Gasteiger partial charge in [-0.1, -0.05) is 31.4 Å². The van der Waals surface area contributed by atoms with Crippen LogP contribution in [-0.2, 0) is 26.3 Å². The standard InChI is InChI=1S/C24H39NO4S2/c1-24(2,3)30(26,27)19-22-11-9-20(10-12-22)7-8-21-13-15-23(16-14-21)31(28,29)25-17-5-4-6-18-25/h13-16,20,22H,4-12,17-19H2,1-3H3. The maximum absolute atomic E-state index is 12.8. The van der Waals surface area contributed by atoms with Gasteiger partial charge in [-0.05, 0) is 88.8 Å². The average molecular weight is 470 g/mol. The highest BCUT2D eigenvalue weighted by Crippen LogP contribution is 2.34. The zero-order chi connectivity index (χ0) is 22.7. The number of piperidine rings is 1. The summed E-state index contributed by atoms with van der Waals surface area (Å²) < 4.78 is 51.4. The normalized spacial score (nSPS) is 24.2. The van der Waals surface area contributed by atoms with Gasteiger partial charge in [0, 0.05) is 13.1 Å². The molecule has 1 saturated carbocycles. The summed E-state index contributed by atoms with van der Waals surface area (Å²) in [4.78, 5) is 0.402. The summed E-state index contributed by atoms with van der Waals surface area (Å²) in [7, 11) is -6.41. The zero-order valence-corrected chi connectivity index (χ0v) is 21.0. The van der Waals surface area contributed by atoms with Crippen LogP contribution in [-0.4, -0.2) is 44.7 Å². The third kappa shape index (κ3) is 6.32. The predicted molar refractivity (Wildman–Crippen MR) is 126 cm³/mol. The van der Waals surface area contributed by atoms with Crippen LogP contribution in [0, 0.1) is 11.8 Å². The second-order valence-corrected chi connectivity index (χ2v) is 15.2. The smallest absolute Gasteiger partial charge is 0.228 e. The highest BCUT2D eigenvalue weighted by molar-refractivity contribution is 7.92. The van der Waals surface area contributed by atoms with Crippen molar-refractivity contribution in [2.24, 2.45) is 11.8 Å². The molecule has 1 aromatic carbocycles. The number of sulfone groups is 1. The second kappa shape index (κ2) is 9.92. The predicted octanol–water partition coefficient (Wildman–Crippen LogP) is 4.81. The van der Waals surface area contributed by atoms with Crippen molar-refractivity contribution < 1.29 is 16.8 Å². The molecule has 0 radical (unpaired) electrons. The molecule has 7 heteroatoms. The highest BCUT2D eigenvalue weighted by Gasteiger charge is 2.33. The molecule has 176 valence electrons. The lowest BCUT2D eigenvalue weighted by Gasteiger charge is -2.30. The molecule has 0 atom stereocenters. The molecule has 0 aromatic heterocycles. The largest absolute Gasteiger partial charge is 0.243 e. The molecule has 31 heavy (non-hydrogen) atoms. The molecule has 2 aliphatic rings. The second-order valence-electron chi connectivity index (χ2n) is 10.4. The van der Waals surface area contributed by atoms with E-state index in [1.807, 2.05) is 12.1 Å². The summed E-state index contributed by atoms with van der Waals surface area (Å²) in [6, 6.07) is 7.43. The van der Waals surface area contributed by atoms with Crippen molar-refractivity contribution in [3.8, 4) is 0 Å². The highest BCUT2D eigenvalue weighted by atomic mass is 32.2. The molecular formula is C24H39NO4S2.